The van der Waals surface area contributed by atoms with Crippen molar-refractivity contribution in [1.29, 1.82) is 0 Å². The van der Waals surface area contributed by atoms with Gasteiger partial charge in [0.1, 0.15) is 5.82 Å². The van der Waals surface area contributed by atoms with E-state index in [4.69, 9.17) is 0 Å². The Balaban J connectivity index is 1.86. The summed E-state index contributed by atoms with van der Waals surface area (Å²) in [5.41, 5.74) is 0.525. The highest BCUT2D eigenvalue weighted by atomic mass is 32.2. The number of halogens is 1. The van der Waals surface area contributed by atoms with E-state index in [1.165, 1.54) is 31.5 Å². The van der Waals surface area contributed by atoms with Crippen molar-refractivity contribution >= 4 is 33.0 Å². The molecular weight excluding hydrogens is 355 g/mol. The highest BCUT2D eigenvalue weighted by Gasteiger charge is 2.20. The van der Waals surface area contributed by atoms with E-state index in [0.29, 0.717) is 9.65 Å². The molecule has 3 rings (SSSR count). The molecule has 0 spiro atoms. The van der Waals surface area contributed by atoms with Gasteiger partial charge in [-0.25, -0.2) is 9.37 Å². The number of carbonyl (C=O) groups is 1. The third-order valence-electron chi connectivity index (χ3n) is 3.13. The maximum absolute atomic E-state index is 13.6. The zero-order chi connectivity index (χ0) is 17.3. The molecule has 0 unspecified atom stereocenters. The van der Waals surface area contributed by atoms with Crippen LogP contribution in [0.5, 0.6) is 0 Å². The van der Waals surface area contributed by atoms with E-state index >= 15 is 0 Å². The molecule has 0 atom stereocenters. The summed E-state index contributed by atoms with van der Waals surface area (Å²) in [7, 11) is -4.05. The molecule has 0 saturated carbocycles. The van der Waals surface area contributed by atoms with Crippen molar-refractivity contribution in [3.63, 3.8) is 0 Å². The molecule has 1 amide bonds. The predicted molar refractivity (Wildman–Crippen MR) is 86.0 cm³/mol. The third-order valence-corrected chi connectivity index (χ3v) is 5.45. The van der Waals surface area contributed by atoms with Gasteiger partial charge in [0.25, 0.3) is 15.9 Å². The minimum Gasteiger partial charge on any atom is -0.317 e. The van der Waals surface area contributed by atoms with Gasteiger partial charge in [-0.1, -0.05) is 6.07 Å². The number of aromatic nitrogens is 3. The number of nitrogens with one attached hydrogen (secondary N) is 1. The van der Waals surface area contributed by atoms with E-state index in [9.17, 15) is 17.6 Å². The summed E-state index contributed by atoms with van der Waals surface area (Å²) in [6.07, 6.45) is 3.81. The minimum atomic E-state index is -4.05. The second kappa shape index (κ2) is 6.13. The van der Waals surface area contributed by atoms with Crippen molar-refractivity contribution in [3.05, 3.63) is 58.6 Å². The van der Waals surface area contributed by atoms with E-state index in [2.05, 4.69) is 15.4 Å². The monoisotopic (exact) mass is 366 g/mol. The molecular formula is C14H11FN4O3S2. The average Bonchev–Trinajstić information content (AvgIpc) is 3.21. The lowest BCUT2D eigenvalue weighted by molar-refractivity contribution is 0.102. The first kappa shape index (κ1) is 16.3. The Kier molecular flexibility index (Phi) is 4.16. The molecule has 3 aromatic rings. The summed E-state index contributed by atoms with van der Waals surface area (Å²) in [6, 6.07) is 3.60. The SMILES string of the molecule is Cc1ccc(S(=O)(=O)n2cc(NC(=O)c3nccs3)cn2)cc1F. The van der Waals surface area contributed by atoms with Gasteiger partial charge in [-0.15, -0.1) is 11.3 Å². The quantitative estimate of drug-likeness (QED) is 0.764. The van der Waals surface area contributed by atoms with Crippen LogP contribution in [0, 0.1) is 12.7 Å². The molecule has 0 radical (unpaired) electrons. The van der Waals surface area contributed by atoms with E-state index in [1.807, 2.05) is 0 Å². The van der Waals surface area contributed by atoms with Gasteiger partial charge in [0.15, 0.2) is 5.01 Å². The molecule has 1 N–H and O–H groups in total. The molecule has 2 aromatic heterocycles. The lowest BCUT2D eigenvalue weighted by atomic mass is 10.2. The molecule has 10 heteroatoms. The van der Waals surface area contributed by atoms with Gasteiger partial charge in [0.05, 0.1) is 23.0 Å². The first-order valence-corrected chi connectivity index (χ1v) is 8.97. The summed E-state index contributed by atoms with van der Waals surface area (Å²) in [5.74, 6) is -1.09. The second-order valence-electron chi connectivity index (χ2n) is 4.81. The van der Waals surface area contributed by atoms with Crippen molar-refractivity contribution in [2.45, 2.75) is 11.8 Å². The van der Waals surface area contributed by atoms with Gasteiger partial charge in [-0.3, -0.25) is 4.79 Å². The third kappa shape index (κ3) is 3.05. The Morgan fingerprint density at radius 3 is 2.83 bits per heavy atom. The Hall–Kier alpha value is -2.59. The number of anilines is 1. The molecule has 2 heterocycles. The normalized spacial score (nSPS) is 11.4. The van der Waals surface area contributed by atoms with Crippen LogP contribution in [-0.4, -0.2) is 28.5 Å². The minimum absolute atomic E-state index is 0.186. The summed E-state index contributed by atoms with van der Waals surface area (Å²) < 4.78 is 39.1. The Morgan fingerprint density at radius 2 is 2.17 bits per heavy atom. The number of hydrogen-bond acceptors (Lipinski definition) is 6. The number of aryl methyl sites for hydroxylation is 1. The average molecular weight is 366 g/mol. The number of amides is 1. The summed E-state index contributed by atoms with van der Waals surface area (Å²) in [6.45, 7) is 1.53. The van der Waals surface area contributed by atoms with Crippen molar-refractivity contribution in [2.24, 2.45) is 0 Å². The lowest BCUT2D eigenvalue weighted by Crippen LogP contribution is -2.14. The van der Waals surface area contributed by atoms with Gasteiger partial charge in [0, 0.05) is 11.6 Å². The highest BCUT2D eigenvalue weighted by Crippen LogP contribution is 2.18. The van der Waals surface area contributed by atoms with Crippen molar-refractivity contribution in [2.75, 3.05) is 5.32 Å². The second-order valence-corrected chi connectivity index (χ2v) is 7.50. The van der Waals surface area contributed by atoms with Crippen molar-refractivity contribution in [1.82, 2.24) is 14.2 Å². The van der Waals surface area contributed by atoms with Crippen LogP contribution in [0.25, 0.3) is 0 Å². The molecule has 0 aliphatic carbocycles. The zero-order valence-electron chi connectivity index (χ0n) is 12.3. The number of benzene rings is 1. The van der Waals surface area contributed by atoms with Crippen LogP contribution in [0.4, 0.5) is 10.1 Å². The smallest absolute Gasteiger partial charge is 0.284 e. The summed E-state index contributed by atoms with van der Waals surface area (Å²) in [5, 5.41) is 8.11. The van der Waals surface area contributed by atoms with Crippen LogP contribution < -0.4 is 5.32 Å². The Morgan fingerprint density at radius 1 is 1.38 bits per heavy atom. The van der Waals surface area contributed by atoms with E-state index < -0.39 is 21.7 Å². The van der Waals surface area contributed by atoms with Crippen LogP contribution >= 0.6 is 11.3 Å². The van der Waals surface area contributed by atoms with Gasteiger partial charge < -0.3 is 5.32 Å². The number of thiazole rings is 1. The summed E-state index contributed by atoms with van der Waals surface area (Å²) >= 11 is 1.15. The van der Waals surface area contributed by atoms with E-state index in [0.717, 1.165) is 23.6 Å². The fraction of sp³-hybridized carbons (Fsp3) is 0.0714. The first-order chi connectivity index (χ1) is 11.4. The molecule has 0 saturated heterocycles. The molecule has 0 fully saturated rings. The van der Waals surface area contributed by atoms with Crippen LogP contribution in [0.15, 0.2) is 47.1 Å². The maximum atomic E-state index is 13.6. The van der Waals surface area contributed by atoms with Crippen LogP contribution in [-0.2, 0) is 10.0 Å². The van der Waals surface area contributed by atoms with Gasteiger partial charge in [-0.05, 0) is 24.6 Å². The standard InChI is InChI=1S/C14H11FN4O3S2/c1-9-2-3-11(6-12(9)15)24(21,22)19-8-10(7-17-19)18-13(20)14-16-4-5-23-14/h2-8H,1H3,(H,18,20). The molecule has 1 aromatic carbocycles. The van der Waals surface area contributed by atoms with E-state index in [1.54, 1.807) is 5.38 Å². The Bertz CT molecular complexity index is 997. The van der Waals surface area contributed by atoms with Crippen molar-refractivity contribution in [3.8, 4) is 0 Å². The lowest BCUT2D eigenvalue weighted by Gasteiger charge is -2.05. The maximum Gasteiger partial charge on any atom is 0.284 e. The predicted octanol–water partition coefficient (Wildman–Crippen LogP) is 2.28. The summed E-state index contributed by atoms with van der Waals surface area (Å²) in [4.78, 5) is 15.5. The topological polar surface area (TPSA) is 94.0 Å². The largest absolute Gasteiger partial charge is 0.317 e. The number of rotatable bonds is 4. The van der Waals surface area contributed by atoms with Crippen LogP contribution in [0.3, 0.4) is 0 Å². The number of hydrogen-bond donors (Lipinski definition) is 1. The molecule has 7 nitrogen and oxygen atoms in total. The zero-order valence-corrected chi connectivity index (χ0v) is 13.9. The van der Waals surface area contributed by atoms with Crippen LogP contribution in [0.1, 0.15) is 15.4 Å². The fourth-order valence-electron chi connectivity index (χ4n) is 1.86. The fourth-order valence-corrected chi connectivity index (χ4v) is 3.53. The Labute approximate surface area is 140 Å². The molecule has 0 aliphatic heterocycles. The van der Waals surface area contributed by atoms with Gasteiger partial charge >= 0.3 is 0 Å². The van der Waals surface area contributed by atoms with Gasteiger partial charge in [0.2, 0.25) is 0 Å². The first-order valence-electron chi connectivity index (χ1n) is 6.65. The van der Waals surface area contributed by atoms with Crippen molar-refractivity contribution < 1.29 is 17.6 Å². The highest BCUT2D eigenvalue weighted by molar-refractivity contribution is 7.89. The molecule has 0 aliphatic rings. The van der Waals surface area contributed by atoms with E-state index in [-0.39, 0.29) is 15.6 Å². The van der Waals surface area contributed by atoms with Gasteiger partial charge in [-0.2, -0.15) is 17.6 Å². The van der Waals surface area contributed by atoms with Crippen LogP contribution in [0.2, 0.25) is 0 Å². The molecule has 124 valence electrons. The molecule has 24 heavy (non-hydrogen) atoms. The molecule has 0 bridgehead atoms. The number of carbonyl (C=O) groups excluding carboxylic acids is 1. The number of nitrogens with zero attached hydrogens (tertiary/aromatic N) is 3.